The van der Waals surface area contributed by atoms with Gasteiger partial charge in [0.15, 0.2) is 5.82 Å². The van der Waals surface area contributed by atoms with E-state index in [2.05, 4.69) is 5.32 Å². The molecule has 1 fully saturated rings. The molecule has 5 nitrogen and oxygen atoms in total. The summed E-state index contributed by atoms with van der Waals surface area (Å²) in [6.45, 7) is 2.10. The summed E-state index contributed by atoms with van der Waals surface area (Å²) in [4.78, 5) is 11.9. The predicted molar refractivity (Wildman–Crippen MR) is 64.9 cm³/mol. The number of benzene rings is 1. The molecule has 2 rings (SSSR count). The van der Waals surface area contributed by atoms with Gasteiger partial charge in [-0.2, -0.15) is 0 Å². The van der Waals surface area contributed by atoms with Gasteiger partial charge in [-0.3, -0.25) is 10.1 Å². The Morgan fingerprint density at radius 1 is 1.59 bits per heavy atom. The monoisotopic (exact) mass is 253 g/mol. The SMILES string of the molecule is O=[N+]([O-])C=C1NCCN1Cc1cccc(Cl)c1. The summed E-state index contributed by atoms with van der Waals surface area (Å²) in [5, 5.41) is 14.1. The zero-order valence-electron chi connectivity index (χ0n) is 9.10. The molecule has 0 bridgehead atoms. The quantitative estimate of drug-likeness (QED) is 0.659. The van der Waals surface area contributed by atoms with Crippen molar-refractivity contribution in [3.63, 3.8) is 0 Å². The van der Waals surface area contributed by atoms with Crippen LogP contribution < -0.4 is 5.32 Å². The van der Waals surface area contributed by atoms with Crippen LogP contribution in [0.4, 0.5) is 0 Å². The Hall–Kier alpha value is -1.75. The van der Waals surface area contributed by atoms with Gasteiger partial charge in [0.25, 0.3) is 6.20 Å². The molecule has 1 aromatic carbocycles. The van der Waals surface area contributed by atoms with Crippen LogP contribution in [0.15, 0.2) is 36.3 Å². The second kappa shape index (κ2) is 5.05. The molecule has 0 atom stereocenters. The van der Waals surface area contributed by atoms with Gasteiger partial charge in [-0.05, 0) is 17.7 Å². The lowest BCUT2D eigenvalue weighted by molar-refractivity contribution is -0.404. The lowest BCUT2D eigenvalue weighted by atomic mass is 10.2. The number of hydrogen-bond donors (Lipinski definition) is 1. The van der Waals surface area contributed by atoms with Gasteiger partial charge in [0.2, 0.25) is 0 Å². The van der Waals surface area contributed by atoms with Crippen molar-refractivity contribution < 1.29 is 4.92 Å². The first kappa shape index (κ1) is 11.7. The van der Waals surface area contributed by atoms with E-state index in [-0.39, 0.29) is 0 Å². The summed E-state index contributed by atoms with van der Waals surface area (Å²) in [5.41, 5.74) is 1.04. The third-order valence-corrected chi connectivity index (χ3v) is 2.75. The van der Waals surface area contributed by atoms with Gasteiger partial charge in [0.1, 0.15) is 0 Å². The summed E-state index contributed by atoms with van der Waals surface area (Å²) >= 11 is 5.89. The fraction of sp³-hybridized carbons (Fsp3) is 0.273. The molecule has 1 N–H and O–H groups in total. The second-order valence-corrected chi connectivity index (χ2v) is 4.21. The highest BCUT2D eigenvalue weighted by molar-refractivity contribution is 6.30. The van der Waals surface area contributed by atoms with Crippen LogP contribution in [0.5, 0.6) is 0 Å². The van der Waals surface area contributed by atoms with Crippen LogP contribution in [0.3, 0.4) is 0 Å². The Bertz CT molecular complexity index is 462. The van der Waals surface area contributed by atoms with Gasteiger partial charge in [-0.1, -0.05) is 23.7 Å². The number of nitrogens with one attached hydrogen (secondary N) is 1. The number of hydrogen-bond acceptors (Lipinski definition) is 4. The highest BCUT2D eigenvalue weighted by Gasteiger charge is 2.19. The normalized spacial score (nSPS) is 17.2. The van der Waals surface area contributed by atoms with Crippen molar-refractivity contribution in [3.8, 4) is 0 Å². The first-order chi connectivity index (χ1) is 8.15. The Morgan fingerprint density at radius 2 is 2.41 bits per heavy atom. The second-order valence-electron chi connectivity index (χ2n) is 3.78. The molecule has 1 aromatic rings. The first-order valence-electron chi connectivity index (χ1n) is 5.24. The first-order valence-corrected chi connectivity index (χ1v) is 5.61. The highest BCUT2D eigenvalue weighted by atomic mass is 35.5. The van der Waals surface area contributed by atoms with Crippen LogP contribution in [0, 0.1) is 10.1 Å². The third kappa shape index (κ3) is 3.10. The largest absolute Gasteiger partial charge is 0.365 e. The van der Waals surface area contributed by atoms with E-state index < -0.39 is 4.92 Å². The maximum Gasteiger partial charge on any atom is 0.274 e. The lowest BCUT2D eigenvalue weighted by Gasteiger charge is -2.17. The minimum atomic E-state index is -0.446. The van der Waals surface area contributed by atoms with Crippen molar-refractivity contribution in [2.24, 2.45) is 0 Å². The fourth-order valence-electron chi connectivity index (χ4n) is 1.80. The summed E-state index contributed by atoms with van der Waals surface area (Å²) in [6, 6.07) is 7.50. The Kier molecular flexibility index (Phi) is 3.49. The predicted octanol–water partition coefficient (Wildman–Crippen LogP) is 1.82. The molecule has 1 heterocycles. The van der Waals surface area contributed by atoms with E-state index in [0.29, 0.717) is 17.4 Å². The van der Waals surface area contributed by atoms with Crippen LogP contribution >= 0.6 is 11.6 Å². The van der Waals surface area contributed by atoms with Gasteiger partial charge in [-0.25, -0.2) is 0 Å². The molecule has 0 spiro atoms. The van der Waals surface area contributed by atoms with E-state index in [0.717, 1.165) is 24.9 Å². The molecular formula is C11H12ClN3O2. The Labute approximate surface area is 104 Å². The van der Waals surface area contributed by atoms with Crippen molar-refractivity contribution in [1.29, 1.82) is 0 Å². The molecule has 0 radical (unpaired) electrons. The molecular weight excluding hydrogens is 242 g/mol. The van der Waals surface area contributed by atoms with Crippen molar-refractivity contribution >= 4 is 11.6 Å². The van der Waals surface area contributed by atoms with Crippen LogP contribution in [0.2, 0.25) is 5.02 Å². The van der Waals surface area contributed by atoms with Crippen LogP contribution in [-0.2, 0) is 6.54 Å². The lowest BCUT2D eigenvalue weighted by Crippen LogP contribution is -2.20. The van der Waals surface area contributed by atoms with Crippen LogP contribution in [0.25, 0.3) is 0 Å². The van der Waals surface area contributed by atoms with E-state index in [1.54, 1.807) is 6.07 Å². The molecule has 6 heteroatoms. The van der Waals surface area contributed by atoms with E-state index in [4.69, 9.17) is 11.6 Å². The average molecular weight is 254 g/mol. The Balaban J connectivity index is 2.10. The highest BCUT2D eigenvalue weighted by Crippen LogP contribution is 2.16. The van der Waals surface area contributed by atoms with Crippen molar-refractivity contribution in [2.45, 2.75) is 6.54 Å². The number of nitro groups is 1. The minimum Gasteiger partial charge on any atom is -0.365 e. The zero-order valence-corrected chi connectivity index (χ0v) is 9.85. The molecule has 17 heavy (non-hydrogen) atoms. The van der Waals surface area contributed by atoms with Crippen LogP contribution in [0.1, 0.15) is 5.56 Å². The van der Waals surface area contributed by atoms with Gasteiger partial charge in [-0.15, -0.1) is 0 Å². The number of nitrogens with zero attached hydrogens (tertiary/aromatic N) is 2. The summed E-state index contributed by atoms with van der Waals surface area (Å²) < 4.78 is 0. The zero-order chi connectivity index (χ0) is 12.3. The van der Waals surface area contributed by atoms with Gasteiger partial charge >= 0.3 is 0 Å². The average Bonchev–Trinajstić information content (AvgIpc) is 2.65. The minimum absolute atomic E-state index is 0.446. The standard InChI is InChI=1S/C11H12ClN3O2/c12-10-3-1-2-9(6-10)7-14-5-4-13-11(14)8-15(16)17/h1-3,6,8,13H,4-5,7H2. The molecule has 0 unspecified atom stereocenters. The van der Waals surface area contributed by atoms with Gasteiger partial charge in [0.05, 0.1) is 4.92 Å². The number of rotatable bonds is 3. The van der Waals surface area contributed by atoms with Crippen molar-refractivity contribution in [1.82, 2.24) is 10.2 Å². The van der Waals surface area contributed by atoms with Crippen molar-refractivity contribution in [3.05, 3.63) is 57.0 Å². The summed E-state index contributed by atoms with van der Waals surface area (Å²) in [5.74, 6) is 0.551. The summed E-state index contributed by atoms with van der Waals surface area (Å²) in [7, 11) is 0. The van der Waals surface area contributed by atoms with Gasteiger partial charge in [0, 0.05) is 24.7 Å². The Morgan fingerprint density at radius 3 is 3.12 bits per heavy atom. The molecule has 1 aliphatic rings. The molecule has 90 valence electrons. The maximum absolute atomic E-state index is 10.4. The van der Waals surface area contributed by atoms with E-state index in [1.165, 1.54) is 0 Å². The van der Waals surface area contributed by atoms with Crippen LogP contribution in [-0.4, -0.2) is 22.9 Å². The van der Waals surface area contributed by atoms with Gasteiger partial charge < -0.3 is 10.2 Å². The fourth-order valence-corrected chi connectivity index (χ4v) is 2.01. The smallest absolute Gasteiger partial charge is 0.274 e. The molecule has 1 aliphatic heterocycles. The molecule has 0 aliphatic carbocycles. The molecule has 0 aromatic heterocycles. The van der Waals surface area contributed by atoms with Crippen molar-refractivity contribution in [2.75, 3.05) is 13.1 Å². The molecule has 1 saturated heterocycles. The van der Waals surface area contributed by atoms with E-state index in [1.807, 2.05) is 23.1 Å². The van der Waals surface area contributed by atoms with E-state index >= 15 is 0 Å². The number of halogens is 1. The molecule has 0 saturated carbocycles. The third-order valence-electron chi connectivity index (χ3n) is 2.52. The molecule has 0 amide bonds. The topological polar surface area (TPSA) is 58.4 Å². The van der Waals surface area contributed by atoms with E-state index in [9.17, 15) is 10.1 Å². The summed E-state index contributed by atoms with van der Waals surface area (Å²) in [6.07, 6.45) is 0.998. The maximum atomic E-state index is 10.4.